The van der Waals surface area contributed by atoms with Crippen LogP contribution in [0.5, 0.6) is 0 Å². The zero-order valence-corrected chi connectivity index (χ0v) is 16.3. The van der Waals surface area contributed by atoms with E-state index in [1.807, 2.05) is 68.7 Å². The topological polar surface area (TPSA) is 46.1 Å². The van der Waals surface area contributed by atoms with Crippen LogP contribution in [0.15, 0.2) is 60.9 Å². The van der Waals surface area contributed by atoms with Crippen molar-refractivity contribution in [2.75, 3.05) is 7.05 Å². The number of carbonyl (C=O) groups is 1. The smallest absolute Gasteiger partial charge is 0.254 e. The Bertz CT molecular complexity index is 917. The van der Waals surface area contributed by atoms with Crippen LogP contribution in [0.2, 0.25) is 0 Å². The van der Waals surface area contributed by atoms with Crippen molar-refractivity contribution in [1.29, 1.82) is 0 Å². The minimum atomic E-state index is -0.00537. The van der Waals surface area contributed by atoms with Crippen LogP contribution in [0.4, 0.5) is 0 Å². The average molecular weight is 359 g/mol. The summed E-state index contributed by atoms with van der Waals surface area (Å²) in [6.45, 7) is 6.12. The van der Waals surface area contributed by atoms with E-state index in [9.17, 15) is 4.79 Å². The van der Waals surface area contributed by atoms with E-state index in [1.54, 1.807) is 11.1 Å². The van der Waals surface area contributed by atoms with E-state index in [4.69, 9.17) is 0 Å². The Hall–Kier alpha value is -3.01. The summed E-state index contributed by atoms with van der Waals surface area (Å²) in [7, 11) is 1.85. The first-order valence-electron chi connectivity index (χ1n) is 9.22. The first-order valence-corrected chi connectivity index (χ1v) is 9.22. The molecule has 2 heterocycles. The lowest BCUT2D eigenvalue weighted by molar-refractivity contribution is 0.0726. The summed E-state index contributed by atoms with van der Waals surface area (Å²) in [5, 5.41) is 0. The molecule has 0 saturated carbocycles. The lowest BCUT2D eigenvalue weighted by Crippen LogP contribution is -2.31. The third-order valence-corrected chi connectivity index (χ3v) is 4.75. The van der Waals surface area contributed by atoms with Crippen LogP contribution in [-0.4, -0.2) is 27.8 Å². The predicted octanol–water partition coefficient (Wildman–Crippen LogP) is 4.98. The number of pyridine rings is 2. The molecule has 0 aliphatic heterocycles. The number of benzene rings is 1. The van der Waals surface area contributed by atoms with Crippen molar-refractivity contribution in [3.05, 3.63) is 83.3 Å². The number of amides is 1. The normalized spacial score (nSPS) is 11.9. The van der Waals surface area contributed by atoms with E-state index in [0.29, 0.717) is 5.56 Å². The summed E-state index contributed by atoms with van der Waals surface area (Å²) in [6.07, 6.45) is 4.40. The van der Waals surface area contributed by atoms with E-state index in [-0.39, 0.29) is 11.9 Å². The third kappa shape index (κ3) is 4.22. The highest BCUT2D eigenvalue weighted by atomic mass is 16.2. The van der Waals surface area contributed by atoms with Crippen molar-refractivity contribution in [3.63, 3.8) is 0 Å². The average Bonchev–Trinajstić information content (AvgIpc) is 2.68. The van der Waals surface area contributed by atoms with Gasteiger partial charge in [0.15, 0.2) is 0 Å². The summed E-state index contributed by atoms with van der Waals surface area (Å²) in [5.74, 6) is -0.00284. The number of hydrogen-bond acceptors (Lipinski definition) is 3. The summed E-state index contributed by atoms with van der Waals surface area (Å²) in [4.78, 5) is 23.7. The summed E-state index contributed by atoms with van der Waals surface area (Å²) in [6, 6.07) is 15.7. The van der Waals surface area contributed by atoms with E-state index < -0.39 is 0 Å². The molecule has 0 saturated heterocycles. The van der Waals surface area contributed by atoms with Crippen LogP contribution in [0.1, 0.15) is 46.6 Å². The molecule has 1 aromatic carbocycles. The van der Waals surface area contributed by atoms with Crippen LogP contribution in [0.25, 0.3) is 11.3 Å². The van der Waals surface area contributed by atoms with Crippen LogP contribution in [0, 0.1) is 13.8 Å². The predicted molar refractivity (Wildman–Crippen MR) is 109 cm³/mol. The van der Waals surface area contributed by atoms with Crippen LogP contribution in [0.3, 0.4) is 0 Å². The maximum Gasteiger partial charge on any atom is 0.254 e. The van der Waals surface area contributed by atoms with Gasteiger partial charge >= 0.3 is 0 Å². The number of rotatable bonds is 5. The second-order valence-electron chi connectivity index (χ2n) is 6.88. The maximum atomic E-state index is 13.1. The van der Waals surface area contributed by atoms with Crippen molar-refractivity contribution in [2.24, 2.45) is 0 Å². The number of hydrogen-bond donors (Lipinski definition) is 0. The lowest BCUT2D eigenvalue weighted by atomic mass is 10.0. The first-order chi connectivity index (χ1) is 13.0. The van der Waals surface area contributed by atoms with Crippen molar-refractivity contribution < 1.29 is 4.79 Å². The van der Waals surface area contributed by atoms with E-state index in [1.165, 1.54) is 0 Å². The Morgan fingerprint density at radius 1 is 1.11 bits per heavy atom. The van der Waals surface area contributed by atoms with Gasteiger partial charge in [-0.3, -0.25) is 14.8 Å². The van der Waals surface area contributed by atoms with Gasteiger partial charge < -0.3 is 4.90 Å². The van der Waals surface area contributed by atoms with Crippen molar-refractivity contribution in [1.82, 2.24) is 14.9 Å². The van der Waals surface area contributed by atoms with Crippen molar-refractivity contribution >= 4 is 5.91 Å². The van der Waals surface area contributed by atoms with Gasteiger partial charge in [0.25, 0.3) is 5.91 Å². The zero-order chi connectivity index (χ0) is 19.4. The number of aryl methyl sites for hydroxylation is 2. The highest BCUT2D eigenvalue weighted by Gasteiger charge is 2.21. The molecular formula is C23H25N3O. The van der Waals surface area contributed by atoms with Gasteiger partial charge in [0, 0.05) is 36.3 Å². The highest BCUT2D eigenvalue weighted by molar-refractivity contribution is 5.95. The van der Waals surface area contributed by atoms with E-state index in [0.717, 1.165) is 34.5 Å². The number of aromatic nitrogens is 2. The monoisotopic (exact) mass is 359 g/mol. The van der Waals surface area contributed by atoms with Crippen LogP contribution >= 0.6 is 0 Å². The molecule has 0 bridgehead atoms. The molecule has 138 valence electrons. The van der Waals surface area contributed by atoms with Gasteiger partial charge in [0.05, 0.1) is 11.7 Å². The summed E-state index contributed by atoms with van der Waals surface area (Å²) < 4.78 is 0. The fraction of sp³-hybridized carbons (Fsp3) is 0.261. The molecule has 2 aromatic heterocycles. The molecule has 0 fully saturated rings. The second kappa shape index (κ2) is 8.12. The van der Waals surface area contributed by atoms with Gasteiger partial charge in [-0.15, -0.1) is 0 Å². The molecule has 1 amide bonds. The molecular weight excluding hydrogens is 334 g/mol. The molecule has 3 aromatic rings. The molecule has 0 aliphatic rings. The van der Waals surface area contributed by atoms with Gasteiger partial charge in [0.2, 0.25) is 0 Å². The third-order valence-electron chi connectivity index (χ3n) is 4.75. The Morgan fingerprint density at radius 2 is 1.93 bits per heavy atom. The first kappa shape index (κ1) is 18.8. The quantitative estimate of drug-likeness (QED) is 0.645. The fourth-order valence-corrected chi connectivity index (χ4v) is 3.45. The molecule has 4 heteroatoms. The highest BCUT2D eigenvalue weighted by Crippen LogP contribution is 2.26. The Labute approximate surface area is 160 Å². The van der Waals surface area contributed by atoms with E-state index in [2.05, 4.69) is 23.8 Å². The molecule has 0 unspecified atom stereocenters. The zero-order valence-electron chi connectivity index (χ0n) is 16.3. The fourth-order valence-electron chi connectivity index (χ4n) is 3.45. The van der Waals surface area contributed by atoms with Crippen molar-refractivity contribution in [3.8, 4) is 11.3 Å². The van der Waals surface area contributed by atoms with Gasteiger partial charge in [-0.2, -0.15) is 0 Å². The second-order valence-corrected chi connectivity index (χ2v) is 6.88. The standard InChI is InChI=1S/C23H25N3O/c1-5-22(20-10-7-11-24-15-20)26(4)23(27)19-9-6-8-18(14-19)21-13-16(2)12-17(3)25-21/h6-15,22H,5H2,1-4H3/t22-/m1/s1. The van der Waals surface area contributed by atoms with Crippen LogP contribution < -0.4 is 0 Å². The Balaban J connectivity index is 1.90. The number of nitrogens with zero attached hydrogens (tertiary/aromatic N) is 3. The molecule has 4 nitrogen and oxygen atoms in total. The number of carbonyl (C=O) groups excluding carboxylic acids is 1. The van der Waals surface area contributed by atoms with Gasteiger partial charge in [-0.05, 0) is 61.7 Å². The van der Waals surface area contributed by atoms with Gasteiger partial charge in [-0.25, -0.2) is 0 Å². The summed E-state index contributed by atoms with van der Waals surface area (Å²) in [5.41, 5.74) is 5.69. The summed E-state index contributed by atoms with van der Waals surface area (Å²) >= 11 is 0. The minimum absolute atomic E-state index is 0.00284. The molecule has 1 atom stereocenters. The molecule has 0 N–H and O–H groups in total. The van der Waals surface area contributed by atoms with Crippen molar-refractivity contribution in [2.45, 2.75) is 33.2 Å². The lowest BCUT2D eigenvalue weighted by Gasteiger charge is -2.27. The Kier molecular flexibility index (Phi) is 5.65. The SMILES string of the molecule is CC[C@H](c1cccnc1)N(C)C(=O)c1cccc(-c2cc(C)cc(C)n2)c1. The molecule has 27 heavy (non-hydrogen) atoms. The van der Waals surface area contributed by atoms with Gasteiger partial charge in [0.1, 0.15) is 0 Å². The Morgan fingerprint density at radius 3 is 2.59 bits per heavy atom. The molecule has 0 aliphatic carbocycles. The maximum absolute atomic E-state index is 13.1. The largest absolute Gasteiger partial charge is 0.335 e. The molecule has 0 radical (unpaired) electrons. The van der Waals surface area contributed by atoms with E-state index >= 15 is 0 Å². The van der Waals surface area contributed by atoms with Crippen LogP contribution in [-0.2, 0) is 0 Å². The minimum Gasteiger partial charge on any atom is -0.335 e. The molecule has 3 rings (SSSR count). The van der Waals surface area contributed by atoms with Gasteiger partial charge in [-0.1, -0.05) is 25.1 Å². The molecule has 0 spiro atoms.